The summed E-state index contributed by atoms with van der Waals surface area (Å²) in [5.41, 5.74) is -0.539. The van der Waals surface area contributed by atoms with Gasteiger partial charge in [0.2, 0.25) is 0 Å². The zero-order valence-electron chi connectivity index (χ0n) is 12.4. The highest BCUT2D eigenvalue weighted by atomic mass is 16.4. The van der Waals surface area contributed by atoms with Gasteiger partial charge >= 0.3 is 5.97 Å². The number of nitriles is 1. The Balaban J connectivity index is 2.69. The number of nitrogens with zero attached hydrogens (tertiary/aromatic N) is 2. The van der Waals surface area contributed by atoms with Gasteiger partial charge in [0, 0.05) is 5.54 Å². The van der Waals surface area contributed by atoms with E-state index in [1.807, 2.05) is 20.9 Å². The molecule has 0 unspecified atom stereocenters. The number of carbonyl (C=O) groups is 1. The zero-order chi connectivity index (χ0) is 14.5. The minimum Gasteiger partial charge on any atom is -0.481 e. The molecule has 0 radical (unpaired) electrons. The first kappa shape index (κ1) is 16.0. The molecule has 1 rings (SSSR count). The fourth-order valence-corrected chi connectivity index (χ4v) is 2.93. The maximum Gasteiger partial charge on any atom is 0.305 e. The summed E-state index contributed by atoms with van der Waals surface area (Å²) in [5, 5.41) is 18.2. The van der Waals surface area contributed by atoms with Gasteiger partial charge in [0.15, 0.2) is 0 Å². The van der Waals surface area contributed by atoms with Crippen LogP contribution in [0.2, 0.25) is 0 Å². The lowest BCUT2D eigenvalue weighted by Crippen LogP contribution is -2.50. The van der Waals surface area contributed by atoms with Crippen LogP contribution in [0, 0.1) is 16.7 Å². The van der Waals surface area contributed by atoms with Crippen molar-refractivity contribution in [3.8, 4) is 6.07 Å². The summed E-state index contributed by atoms with van der Waals surface area (Å²) in [4.78, 5) is 13.3. The number of rotatable bonds is 6. The van der Waals surface area contributed by atoms with Gasteiger partial charge in [0.05, 0.1) is 17.9 Å². The maximum absolute atomic E-state index is 11.2. The second-order valence-electron chi connectivity index (χ2n) is 6.52. The molecule has 0 atom stereocenters. The summed E-state index contributed by atoms with van der Waals surface area (Å²) >= 11 is 0. The predicted molar refractivity (Wildman–Crippen MR) is 74.7 cm³/mol. The molecule has 1 fully saturated rings. The molecular weight excluding hydrogens is 240 g/mol. The van der Waals surface area contributed by atoms with Crippen LogP contribution >= 0.6 is 0 Å². The van der Waals surface area contributed by atoms with Crippen LogP contribution in [0.25, 0.3) is 0 Å². The van der Waals surface area contributed by atoms with Crippen LogP contribution in [-0.2, 0) is 4.79 Å². The molecule has 19 heavy (non-hydrogen) atoms. The summed E-state index contributed by atoms with van der Waals surface area (Å²) in [6, 6.07) is 2.31. The van der Waals surface area contributed by atoms with Crippen molar-refractivity contribution in [1.29, 1.82) is 5.26 Å². The normalized spacial score (nSPS) is 19.1. The van der Waals surface area contributed by atoms with E-state index in [2.05, 4.69) is 11.0 Å². The first-order valence-corrected chi connectivity index (χ1v) is 7.16. The molecule has 108 valence electrons. The van der Waals surface area contributed by atoms with Crippen molar-refractivity contribution in [1.82, 2.24) is 4.90 Å². The Bertz CT molecular complexity index is 352. The van der Waals surface area contributed by atoms with E-state index in [1.54, 1.807) is 0 Å². The van der Waals surface area contributed by atoms with Gasteiger partial charge in [-0.1, -0.05) is 19.3 Å². The highest BCUT2D eigenvalue weighted by molar-refractivity contribution is 5.68. The Morgan fingerprint density at radius 3 is 2.42 bits per heavy atom. The predicted octanol–water partition coefficient (Wildman–Crippen LogP) is 3.04. The van der Waals surface area contributed by atoms with Crippen LogP contribution in [0.3, 0.4) is 0 Å². The van der Waals surface area contributed by atoms with E-state index in [0.717, 1.165) is 38.6 Å². The van der Waals surface area contributed by atoms with Gasteiger partial charge in [-0.25, -0.2) is 0 Å². The van der Waals surface area contributed by atoms with Gasteiger partial charge in [-0.2, -0.15) is 5.26 Å². The SMILES string of the molecule is CN(CCC(C)(C)C#N)C1(CC(=O)O)CCCCC1. The third-order valence-electron chi connectivity index (χ3n) is 4.45. The standard InChI is InChI=1S/C15H26N2O2/c1-14(2,12-16)9-10-17(3)15(11-13(18)19)7-5-4-6-8-15/h4-11H2,1-3H3,(H,18,19). The Labute approximate surface area is 116 Å². The Morgan fingerprint density at radius 1 is 1.37 bits per heavy atom. The molecule has 0 bridgehead atoms. The van der Waals surface area contributed by atoms with Crippen molar-refractivity contribution in [3.05, 3.63) is 0 Å². The zero-order valence-corrected chi connectivity index (χ0v) is 12.4. The maximum atomic E-state index is 11.2. The fraction of sp³-hybridized carbons (Fsp3) is 0.867. The second kappa shape index (κ2) is 6.38. The first-order chi connectivity index (χ1) is 8.81. The lowest BCUT2D eigenvalue weighted by Gasteiger charge is -2.44. The molecule has 0 aromatic heterocycles. The van der Waals surface area contributed by atoms with Crippen LogP contribution in [0.15, 0.2) is 0 Å². The molecule has 1 saturated carbocycles. The van der Waals surface area contributed by atoms with Gasteiger partial charge < -0.3 is 10.0 Å². The van der Waals surface area contributed by atoms with Gasteiger partial charge in [-0.3, -0.25) is 4.79 Å². The molecule has 0 aromatic carbocycles. The Morgan fingerprint density at radius 2 is 1.95 bits per heavy atom. The summed E-state index contributed by atoms with van der Waals surface area (Å²) in [7, 11) is 2.02. The number of carboxylic acids is 1. The molecule has 0 saturated heterocycles. The summed E-state index contributed by atoms with van der Waals surface area (Å²) in [5.74, 6) is -0.715. The third kappa shape index (κ3) is 4.50. The van der Waals surface area contributed by atoms with Crippen LogP contribution < -0.4 is 0 Å². The van der Waals surface area contributed by atoms with E-state index < -0.39 is 5.97 Å². The van der Waals surface area contributed by atoms with Crippen LogP contribution in [0.4, 0.5) is 0 Å². The highest BCUT2D eigenvalue weighted by Gasteiger charge is 2.38. The highest BCUT2D eigenvalue weighted by Crippen LogP contribution is 2.36. The van der Waals surface area contributed by atoms with Crippen molar-refractivity contribution in [2.24, 2.45) is 5.41 Å². The van der Waals surface area contributed by atoms with Gasteiger partial charge in [-0.05, 0) is 46.7 Å². The Hall–Kier alpha value is -1.08. The van der Waals surface area contributed by atoms with Crippen molar-refractivity contribution in [3.63, 3.8) is 0 Å². The third-order valence-corrected chi connectivity index (χ3v) is 4.45. The summed E-state index contributed by atoms with van der Waals surface area (Å²) < 4.78 is 0. The van der Waals surface area contributed by atoms with Gasteiger partial charge in [0.25, 0.3) is 0 Å². The van der Waals surface area contributed by atoms with E-state index in [-0.39, 0.29) is 17.4 Å². The second-order valence-corrected chi connectivity index (χ2v) is 6.52. The van der Waals surface area contributed by atoms with Crippen LogP contribution in [-0.4, -0.2) is 35.1 Å². The van der Waals surface area contributed by atoms with E-state index >= 15 is 0 Å². The molecule has 0 amide bonds. The largest absolute Gasteiger partial charge is 0.481 e. The lowest BCUT2D eigenvalue weighted by molar-refractivity contribution is -0.141. The van der Waals surface area contributed by atoms with Gasteiger partial charge in [0.1, 0.15) is 0 Å². The number of carboxylic acid groups (broad SMARTS) is 1. The molecule has 0 aromatic rings. The molecule has 4 heteroatoms. The molecule has 0 spiro atoms. The van der Waals surface area contributed by atoms with Crippen molar-refractivity contribution >= 4 is 5.97 Å². The first-order valence-electron chi connectivity index (χ1n) is 7.16. The average molecular weight is 266 g/mol. The van der Waals surface area contributed by atoms with Crippen molar-refractivity contribution in [2.75, 3.05) is 13.6 Å². The minimum absolute atomic E-state index is 0.199. The lowest BCUT2D eigenvalue weighted by atomic mass is 9.77. The molecule has 4 nitrogen and oxygen atoms in total. The van der Waals surface area contributed by atoms with E-state index in [1.165, 1.54) is 6.42 Å². The monoisotopic (exact) mass is 266 g/mol. The molecule has 0 aliphatic heterocycles. The fourth-order valence-electron chi connectivity index (χ4n) is 2.93. The van der Waals surface area contributed by atoms with Gasteiger partial charge in [-0.15, -0.1) is 0 Å². The van der Waals surface area contributed by atoms with E-state index in [4.69, 9.17) is 5.26 Å². The Kier molecular flexibility index (Phi) is 5.37. The van der Waals surface area contributed by atoms with E-state index in [0.29, 0.717) is 0 Å². The number of hydrogen-bond acceptors (Lipinski definition) is 3. The topological polar surface area (TPSA) is 64.3 Å². The average Bonchev–Trinajstić information content (AvgIpc) is 2.36. The molecular formula is C15H26N2O2. The molecule has 0 heterocycles. The number of hydrogen-bond donors (Lipinski definition) is 1. The van der Waals surface area contributed by atoms with Crippen molar-refractivity contribution in [2.45, 2.75) is 64.3 Å². The molecule has 1 aliphatic carbocycles. The molecule has 1 N–H and O–H groups in total. The van der Waals surface area contributed by atoms with Crippen LogP contribution in [0.1, 0.15) is 58.8 Å². The number of aliphatic carboxylic acids is 1. The summed E-state index contributed by atoms with van der Waals surface area (Å²) in [6.45, 7) is 4.66. The minimum atomic E-state index is -0.715. The quantitative estimate of drug-likeness (QED) is 0.802. The van der Waals surface area contributed by atoms with E-state index in [9.17, 15) is 9.90 Å². The van der Waals surface area contributed by atoms with Crippen LogP contribution in [0.5, 0.6) is 0 Å². The summed E-state index contributed by atoms with van der Waals surface area (Å²) in [6.07, 6.45) is 6.35. The molecule has 1 aliphatic rings. The smallest absolute Gasteiger partial charge is 0.305 e. The van der Waals surface area contributed by atoms with Crippen molar-refractivity contribution < 1.29 is 9.90 Å².